The van der Waals surface area contributed by atoms with Crippen LogP contribution < -0.4 is 11.1 Å². The Morgan fingerprint density at radius 1 is 1.11 bits per heavy atom. The van der Waals surface area contributed by atoms with Crippen molar-refractivity contribution >= 4 is 23.2 Å². The highest BCUT2D eigenvalue weighted by molar-refractivity contribution is 5.96. The molecule has 0 spiro atoms. The van der Waals surface area contributed by atoms with Gasteiger partial charge in [0.15, 0.2) is 0 Å². The third-order valence-corrected chi connectivity index (χ3v) is 5.16. The van der Waals surface area contributed by atoms with Gasteiger partial charge < -0.3 is 21.1 Å². The first kappa shape index (κ1) is 17.9. The van der Waals surface area contributed by atoms with Gasteiger partial charge in [0, 0.05) is 18.7 Å². The van der Waals surface area contributed by atoms with Crippen molar-refractivity contribution in [1.29, 1.82) is 0 Å². The number of nitrogens with one attached hydrogen (secondary N) is 1. The topological polar surface area (TPSA) is 91.5 Å². The van der Waals surface area contributed by atoms with Crippen LogP contribution in [0.15, 0.2) is 60.7 Å². The Kier molecular flexibility index (Phi) is 4.61. The number of nitrogen functional groups attached to an aromatic ring is 1. The summed E-state index contributed by atoms with van der Waals surface area (Å²) in [6, 6.07) is 18.5. The zero-order valence-electron chi connectivity index (χ0n) is 15.6. The zero-order valence-corrected chi connectivity index (χ0v) is 15.6. The molecular weight excluding hydrogens is 352 g/mol. The standard InChI is InChI=1S/C22H22N4O2/c1-26(17-10-14-6-2-3-7-15(14)11-17)22(28)16-12-20(23)25-21(13-16)24-18-8-4-5-9-19(18)27/h2-9,12-13,17,27H,10-11H2,1H3,(H3,23,24,25). The predicted molar refractivity (Wildman–Crippen MR) is 110 cm³/mol. The Bertz CT molecular complexity index is 1010. The van der Waals surface area contributed by atoms with Crippen LogP contribution in [0, 0.1) is 0 Å². The van der Waals surface area contributed by atoms with Crippen LogP contribution in [0.3, 0.4) is 0 Å². The van der Waals surface area contributed by atoms with Gasteiger partial charge in [-0.15, -0.1) is 0 Å². The normalized spacial score (nSPS) is 13.2. The average molecular weight is 374 g/mol. The molecule has 0 saturated carbocycles. The number of benzene rings is 2. The molecule has 0 saturated heterocycles. The molecule has 1 aliphatic carbocycles. The second kappa shape index (κ2) is 7.23. The number of pyridine rings is 1. The Labute approximate surface area is 163 Å². The highest BCUT2D eigenvalue weighted by Gasteiger charge is 2.28. The number of fused-ring (bicyclic) bond motifs is 1. The number of nitrogens with two attached hydrogens (primary N) is 1. The van der Waals surface area contributed by atoms with Gasteiger partial charge in [0.1, 0.15) is 17.4 Å². The van der Waals surface area contributed by atoms with Crippen LogP contribution in [0.5, 0.6) is 5.75 Å². The lowest BCUT2D eigenvalue weighted by Crippen LogP contribution is -2.37. The van der Waals surface area contributed by atoms with Gasteiger partial charge in [-0.25, -0.2) is 4.98 Å². The van der Waals surface area contributed by atoms with E-state index in [1.54, 1.807) is 41.3 Å². The number of phenolic OH excluding ortho intramolecular Hbond substituents is 1. The molecule has 0 unspecified atom stereocenters. The van der Waals surface area contributed by atoms with Gasteiger partial charge in [-0.2, -0.15) is 0 Å². The van der Waals surface area contributed by atoms with Crippen molar-refractivity contribution < 1.29 is 9.90 Å². The van der Waals surface area contributed by atoms with Crippen LogP contribution in [0.25, 0.3) is 0 Å². The van der Waals surface area contributed by atoms with E-state index in [0.29, 0.717) is 17.1 Å². The second-order valence-corrected chi connectivity index (χ2v) is 7.05. The maximum atomic E-state index is 13.1. The van der Waals surface area contributed by atoms with Crippen LogP contribution >= 0.6 is 0 Å². The molecule has 0 fully saturated rings. The third-order valence-electron chi connectivity index (χ3n) is 5.16. The number of para-hydroxylation sites is 2. The van der Waals surface area contributed by atoms with Crippen LogP contribution in [-0.2, 0) is 12.8 Å². The number of aromatic hydroxyl groups is 1. The average Bonchev–Trinajstić information content (AvgIpc) is 3.12. The number of carbonyl (C=O) groups excluding carboxylic acids is 1. The Morgan fingerprint density at radius 3 is 2.43 bits per heavy atom. The lowest BCUT2D eigenvalue weighted by atomic mass is 10.1. The van der Waals surface area contributed by atoms with Crippen molar-refractivity contribution in [2.45, 2.75) is 18.9 Å². The first-order valence-electron chi connectivity index (χ1n) is 9.18. The molecule has 142 valence electrons. The SMILES string of the molecule is CN(C(=O)c1cc(N)nc(Nc2ccccc2O)c1)C1Cc2ccccc2C1. The van der Waals surface area contributed by atoms with Gasteiger partial charge in [-0.3, -0.25) is 4.79 Å². The minimum Gasteiger partial charge on any atom is -0.506 e. The molecule has 3 aromatic rings. The van der Waals surface area contributed by atoms with Gasteiger partial charge in [0.05, 0.1) is 5.69 Å². The summed E-state index contributed by atoms with van der Waals surface area (Å²) in [6.07, 6.45) is 1.70. The summed E-state index contributed by atoms with van der Waals surface area (Å²) in [5, 5.41) is 13.0. The molecule has 6 heteroatoms. The maximum Gasteiger partial charge on any atom is 0.254 e. The van der Waals surface area contributed by atoms with Crippen molar-refractivity contribution in [2.75, 3.05) is 18.1 Å². The van der Waals surface area contributed by atoms with Crippen molar-refractivity contribution in [2.24, 2.45) is 0 Å². The number of aromatic nitrogens is 1. The van der Waals surface area contributed by atoms with Crippen LogP contribution in [0.2, 0.25) is 0 Å². The van der Waals surface area contributed by atoms with Crippen molar-refractivity contribution in [3.05, 3.63) is 77.4 Å². The van der Waals surface area contributed by atoms with E-state index in [2.05, 4.69) is 22.4 Å². The lowest BCUT2D eigenvalue weighted by Gasteiger charge is -2.24. The van der Waals surface area contributed by atoms with Gasteiger partial charge >= 0.3 is 0 Å². The molecule has 1 aliphatic rings. The number of amides is 1. The molecular formula is C22H22N4O2. The molecule has 1 amide bonds. The quantitative estimate of drug-likeness (QED) is 0.609. The second-order valence-electron chi connectivity index (χ2n) is 7.05. The van der Waals surface area contributed by atoms with Crippen molar-refractivity contribution in [3.63, 3.8) is 0 Å². The molecule has 0 bridgehead atoms. The molecule has 0 atom stereocenters. The summed E-state index contributed by atoms with van der Waals surface area (Å²) in [4.78, 5) is 19.1. The van der Waals surface area contributed by atoms with E-state index in [-0.39, 0.29) is 23.5 Å². The van der Waals surface area contributed by atoms with E-state index in [0.717, 1.165) is 12.8 Å². The molecule has 6 nitrogen and oxygen atoms in total. The zero-order chi connectivity index (χ0) is 19.7. The molecule has 0 radical (unpaired) electrons. The van der Waals surface area contributed by atoms with Crippen LogP contribution in [0.4, 0.5) is 17.3 Å². The third kappa shape index (κ3) is 3.49. The van der Waals surface area contributed by atoms with Gasteiger partial charge in [0.25, 0.3) is 5.91 Å². The summed E-state index contributed by atoms with van der Waals surface area (Å²) in [7, 11) is 1.83. The van der Waals surface area contributed by atoms with E-state index < -0.39 is 0 Å². The summed E-state index contributed by atoms with van der Waals surface area (Å²) >= 11 is 0. The summed E-state index contributed by atoms with van der Waals surface area (Å²) in [5.74, 6) is 0.646. The van der Waals surface area contributed by atoms with Crippen LogP contribution in [0.1, 0.15) is 21.5 Å². The fourth-order valence-corrected chi connectivity index (χ4v) is 3.64. The molecule has 28 heavy (non-hydrogen) atoms. The smallest absolute Gasteiger partial charge is 0.254 e. The Balaban J connectivity index is 1.55. The van der Waals surface area contributed by atoms with E-state index in [1.165, 1.54) is 11.1 Å². The number of likely N-dealkylation sites (N-methyl/N-ethyl adjacent to an activating group) is 1. The van der Waals surface area contributed by atoms with Crippen molar-refractivity contribution in [1.82, 2.24) is 9.88 Å². The number of phenols is 1. The number of hydrogen-bond acceptors (Lipinski definition) is 5. The number of anilines is 3. The maximum absolute atomic E-state index is 13.1. The fraction of sp³-hybridized carbons (Fsp3) is 0.182. The molecule has 4 N–H and O–H groups in total. The molecule has 1 heterocycles. The number of nitrogens with zero attached hydrogens (tertiary/aromatic N) is 2. The first-order valence-corrected chi connectivity index (χ1v) is 9.18. The molecule has 2 aromatic carbocycles. The highest BCUT2D eigenvalue weighted by Crippen LogP contribution is 2.28. The predicted octanol–water partition coefficient (Wildman–Crippen LogP) is 3.35. The number of hydrogen-bond donors (Lipinski definition) is 3. The fourth-order valence-electron chi connectivity index (χ4n) is 3.64. The van der Waals surface area contributed by atoms with Gasteiger partial charge in [-0.05, 0) is 48.2 Å². The minimum atomic E-state index is -0.104. The Morgan fingerprint density at radius 2 is 1.75 bits per heavy atom. The van der Waals surface area contributed by atoms with E-state index >= 15 is 0 Å². The first-order chi connectivity index (χ1) is 13.5. The number of rotatable bonds is 4. The summed E-state index contributed by atoms with van der Waals surface area (Å²) in [5.41, 5.74) is 9.48. The van der Waals surface area contributed by atoms with Crippen LogP contribution in [-0.4, -0.2) is 34.0 Å². The molecule has 4 rings (SSSR count). The monoisotopic (exact) mass is 374 g/mol. The summed E-state index contributed by atoms with van der Waals surface area (Å²) in [6.45, 7) is 0. The largest absolute Gasteiger partial charge is 0.506 e. The van der Waals surface area contributed by atoms with Gasteiger partial charge in [-0.1, -0.05) is 36.4 Å². The highest BCUT2D eigenvalue weighted by atomic mass is 16.3. The minimum absolute atomic E-state index is 0.0976. The van der Waals surface area contributed by atoms with E-state index in [9.17, 15) is 9.90 Å². The van der Waals surface area contributed by atoms with Crippen molar-refractivity contribution in [3.8, 4) is 5.75 Å². The number of carbonyl (C=O) groups is 1. The molecule has 1 aromatic heterocycles. The Hall–Kier alpha value is -3.54. The molecule has 0 aliphatic heterocycles. The summed E-state index contributed by atoms with van der Waals surface area (Å²) < 4.78 is 0. The lowest BCUT2D eigenvalue weighted by molar-refractivity contribution is 0.0737. The van der Waals surface area contributed by atoms with Gasteiger partial charge in [0.2, 0.25) is 0 Å². The van der Waals surface area contributed by atoms with E-state index in [4.69, 9.17) is 5.73 Å². The van der Waals surface area contributed by atoms with E-state index in [1.807, 2.05) is 19.2 Å².